The number of aryl methyl sites for hydroxylation is 1. The standard InChI is InChI=1S/C11H21N3O/c1-4-7-12-11(9-15-5-2)10-6-8-14(3)13-10/h6,8,11-12H,4-5,7,9H2,1-3H3. The van der Waals surface area contributed by atoms with Crippen molar-refractivity contribution in [3.63, 3.8) is 0 Å². The maximum Gasteiger partial charge on any atom is 0.0817 e. The predicted molar refractivity (Wildman–Crippen MR) is 60.7 cm³/mol. The Hall–Kier alpha value is -0.870. The van der Waals surface area contributed by atoms with Crippen LogP contribution in [0.25, 0.3) is 0 Å². The van der Waals surface area contributed by atoms with E-state index < -0.39 is 0 Å². The van der Waals surface area contributed by atoms with Gasteiger partial charge in [-0.15, -0.1) is 0 Å². The Kier molecular flexibility index (Phi) is 5.36. The lowest BCUT2D eigenvalue weighted by atomic mass is 10.2. The fraction of sp³-hybridized carbons (Fsp3) is 0.727. The first kappa shape index (κ1) is 12.2. The quantitative estimate of drug-likeness (QED) is 0.743. The Balaban J connectivity index is 2.54. The van der Waals surface area contributed by atoms with Gasteiger partial charge in [0, 0.05) is 19.9 Å². The summed E-state index contributed by atoms with van der Waals surface area (Å²) in [6.45, 7) is 6.59. The van der Waals surface area contributed by atoms with E-state index in [1.165, 1.54) is 0 Å². The molecule has 1 unspecified atom stereocenters. The van der Waals surface area contributed by atoms with E-state index in [-0.39, 0.29) is 6.04 Å². The predicted octanol–water partition coefficient (Wildman–Crippen LogP) is 1.50. The highest BCUT2D eigenvalue weighted by molar-refractivity contribution is 5.05. The van der Waals surface area contributed by atoms with Gasteiger partial charge in [-0.2, -0.15) is 5.10 Å². The summed E-state index contributed by atoms with van der Waals surface area (Å²) >= 11 is 0. The summed E-state index contributed by atoms with van der Waals surface area (Å²) in [5.41, 5.74) is 1.06. The molecule has 0 fully saturated rings. The molecule has 0 amide bonds. The molecule has 0 aliphatic heterocycles. The molecule has 0 radical (unpaired) electrons. The summed E-state index contributed by atoms with van der Waals surface area (Å²) in [4.78, 5) is 0. The van der Waals surface area contributed by atoms with Crippen molar-refractivity contribution in [2.24, 2.45) is 7.05 Å². The summed E-state index contributed by atoms with van der Waals surface area (Å²) in [7, 11) is 1.93. The second-order valence-corrected chi connectivity index (χ2v) is 3.58. The maximum atomic E-state index is 5.44. The molecule has 1 aromatic heterocycles. The number of nitrogens with zero attached hydrogens (tertiary/aromatic N) is 2. The van der Waals surface area contributed by atoms with Crippen molar-refractivity contribution in [3.8, 4) is 0 Å². The number of rotatable bonds is 7. The number of nitrogens with one attached hydrogen (secondary N) is 1. The first-order chi connectivity index (χ1) is 7.27. The molecule has 0 aliphatic carbocycles. The summed E-state index contributed by atoms with van der Waals surface area (Å²) in [5.74, 6) is 0. The number of hydrogen-bond donors (Lipinski definition) is 1. The molecular weight excluding hydrogens is 190 g/mol. The zero-order valence-corrected chi connectivity index (χ0v) is 9.86. The highest BCUT2D eigenvalue weighted by Crippen LogP contribution is 2.10. The lowest BCUT2D eigenvalue weighted by molar-refractivity contribution is 0.121. The number of ether oxygens (including phenoxy) is 1. The summed E-state index contributed by atoms with van der Waals surface area (Å²) < 4.78 is 7.27. The van der Waals surface area contributed by atoms with E-state index >= 15 is 0 Å². The van der Waals surface area contributed by atoms with Gasteiger partial charge in [-0.25, -0.2) is 0 Å². The minimum atomic E-state index is 0.214. The molecule has 1 atom stereocenters. The van der Waals surface area contributed by atoms with Crippen LogP contribution >= 0.6 is 0 Å². The van der Waals surface area contributed by atoms with Crippen molar-refractivity contribution in [2.45, 2.75) is 26.3 Å². The number of hydrogen-bond acceptors (Lipinski definition) is 3. The van der Waals surface area contributed by atoms with Crippen LogP contribution in [0.4, 0.5) is 0 Å². The molecule has 4 nitrogen and oxygen atoms in total. The van der Waals surface area contributed by atoms with E-state index in [9.17, 15) is 0 Å². The van der Waals surface area contributed by atoms with Crippen LogP contribution in [0.2, 0.25) is 0 Å². The minimum absolute atomic E-state index is 0.214. The van der Waals surface area contributed by atoms with Crippen LogP contribution in [-0.2, 0) is 11.8 Å². The Morgan fingerprint density at radius 2 is 2.33 bits per heavy atom. The van der Waals surface area contributed by atoms with Gasteiger partial charge < -0.3 is 10.1 Å². The second-order valence-electron chi connectivity index (χ2n) is 3.58. The van der Waals surface area contributed by atoms with Crippen molar-refractivity contribution < 1.29 is 4.74 Å². The summed E-state index contributed by atoms with van der Waals surface area (Å²) in [5, 5.41) is 7.82. The fourth-order valence-corrected chi connectivity index (χ4v) is 1.42. The topological polar surface area (TPSA) is 39.1 Å². The molecule has 1 heterocycles. The monoisotopic (exact) mass is 211 g/mol. The van der Waals surface area contributed by atoms with Crippen LogP contribution in [0, 0.1) is 0 Å². The van der Waals surface area contributed by atoms with Crippen LogP contribution in [0.3, 0.4) is 0 Å². The average molecular weight is 211 g/mol. The first-order valence-electron chi connectivity index (χ1n) is 5.58. The van der Waals surface area contributed by atoms with Gasteiger partial charge in [-0.3, -0.25) is 4.68 Å². The minimum Gasteiger partial charge on any atom is -0.380 e. The van der Waals surface area contributed by atoms with E-state index in [0.717, 1.165) is 25.3 Å². The molecular formula is C11H21N3O. The first-order valence-corrected chi connectivity index (χ1v) is 5.58. The SMILES string of the molecule is CCCNC(COCC)c1ccn(C)n1. The molecule has 15 heavy (non-hydrogen) atoms. The molecule has 0 spiro atoms. The van der Waals surface area contributed by atoms with Gasteiger partial charge in [-0.05, 0) is 26.0 Å². The van der Waals surface area contributed by atoms with Crippen molar-refractivity contribution in [1.82, 2.24) is 15.1 Å². The Morgan fingerprint density at radius 3 is 2.87 bits per heavy atom. The van der Waals surface area contributed by atoms with E-state index in [4.69, 9.17) is 4.74 Å². The Morgan fingerprint density at radius 1 is 1.53 bits per heavy atom. The number of aromatic nitrogens is 2. The highest BCUT2D eigenvalue weighted by Gasteiger charge is 2.12. The van der Waals surface area contributed by atoms with Gasteiger partial charge in [0.1, 0.15) is 0 Å². The molecule has 0 aromatic carbocycles. The van der Waals surface area contributed by atoms with Gasteiger partial charge in [-0.1, -0.05) is 6.92 Å². The van der Waals surface area contributed by atoms with E-state index in [2.05, 4.69) is 17.3 Å². The van der Waals surface area contributed by atoms with Crippen molar-refractivity contribution in [1.29, 1.82) is 0 Å². The Bertz CT molecular complexity index is 265. The maximum absolute atomic E-state index is 5.44. The van der Waals surface area contributed by atoms with Crippen molar-refractivity contribution in [2.75, 3.05) is 19.8 Å². The van der Waals surface area contributed by atoms with Crippen LogP contribution in [0.1, 0.15) is 32.0 Å². The molecule has 0 saturated heterocycles. The smallest absolute Gasteiger partial charge is 0.0817 e. The average Bonchev–Trinajstić information content (AvgIpc) is 2.65. The van der Waals surface area contributed by atoms with E-state index in [1.807, 2.05) is 30.9 Å². The zero-order chi connectivity index (χ0) is 11.1. The largest absolute Gasteiger partial charge is 0.380 e. The van der Waals surface area contributed by atoms with Crippen LogP contribution < -0.4 is 5.32 Å². The molecule has 1 aromatic rings. The molecule has 0 bridgehead atoms. The molecule has 0 aliphatic rings. The van der Waals surface area contributed by atoms with Gasteiger partial charge in [0.15, 0.2) is 0 Å². The fourth-order valence-electron chi connectivity index (χ4n) is 1.42. The van der Waals surface area contributed by atoms with Gasteiger partial charge in [0.2, 0.25) is 0 Å². The lowest BCUT2D eigenvalue weighted by Gasteiger charge is -2.15. The van der Waals surface area contributed by atoms with Gasteiger partial charge >= 0.3 is 0 Å². The van der Waals surface area contributed by atoms with Crippen molar-refractivity contribution in [3.05, 3.63) is 18.0 Å². The summed E-state index contributed by atoms with van der Waals surface area (Å²) in [6, 6.07) is 2.25. The molecule has 86 valence electrons. The zero-order valence-electron chi connectivity index (χ0n) is 9.86. The second kappa shape index (κ2) is 6.58. The molecule has 1 rings (SSSR count). The lowest BCUT2D eigenvalue weighted by Crippen LogP contribution is -2.26. The molecule has 4 heteroatoms. The molecule has 0 saturated carbocycles. The summed E-state index contributed by atoms with van der Waals surface area (Å²) in [6.07, 6.45) is 3.08. The van der Waals surface area contributed by atoms with Gasteiger partial charge in [0.25, 0.3) is 0 Å². The van der Waals surface area contributed by atoms with Crippen LogP contribution in [-0.4, -0.2) is 29.5 Å². The third-order valence-corrected chi connectivity index (χ3v) is 2.22. The van der Waals surface area contributed by atoms with Crippen molar-refractivity contribution >= 4 is 0 Å². The van der Waals surface area contributed by atoms with Gasteiger partial charge in [0.05, 0.1) is 18.3 Å². The van der Waals surface area contributed by atoms with Crippen LogP contribution in [0.5, 0.6) is 0 Å². The third-order valence-electron chi connectivity index (χ3n) is 2.22. The third kappa shape index (κ3) is 4.01. The molecule has 1 N–H and O–H groups in total. The normalized spacial score (nSPS) is 13.0. The highest BCUT2D eigenvalue weighted by atomic mass is 16.5. The van der Waals surface area contributed by atoms with Crippen LogP contribution in [0.15, 0.2) is 12.3 Å². The van der Waals surface area contributed by atoms with E-state index in [1.54, 1.807) is 0 Å². The van der Waals surface area contributed by atoms with E-state index in [0.29, 0.717) is 6.61 Å². The Labute approximate surface area is 91.6 Å².